The molecule has 172 valence electrons. The summed E-state index contributed by atoms with van der Waals surface area (Å²) in [6.07, 6.45) is -4.51. The zero-order valence-electron chi connectivity index (χ0n) is 17.1. The van der Waals surface area contributed by atoms with Crippen LogP contribution in [0.4, 0.5) is 23.7 Å². The summed E-state index contributed by atoms with van der Waals surface area (Å²) in [4.78, 5) is 13.9. The Kier molecular flexibility index (Phi) is 5.80. The average molecular weight is 470 g/mol. The number of hydrogen-bond donors (Lipinski definition) is 0. The number of rotatable bonds is 4. The van der Waals surface area contributed by atoms with Crippen molar-refractivity contribution in [1.29, 1.82) is 0 Å². The number of anilines is 1. The summed E-state index contributed by atoms with van der Waals surface area (Å²) in [5.74, 6) is -0.493. The van der Waals surface area contributed by atoms with Crippen LogP contribution in [-0.4, -0.2) is 44.3 Å². The number of carbonyl (C=O) groups is 1. The van der Waals surface area contributed by atoms with E-state index in [9.17, 15) is 26.4 Å². The molecule has 0 bridgehead atoms. The predicted octanol–water partition coefficient (Wildman–Crippen LogP) is 4.20. The van der Waals surface area contributed by atoms with E-state index < -0.39 is 28.2 Å². The van der Waals surface area contributed by atoms with E-state index in [0.717, 1.165) is 41.1 Å². The minimum absolute atomic E-state index is 0.122. The summed E-state index contributed by atoms with van der Waals surface area (Å²) in [6, 6.07) is 9.63. The molecule has 0 aromatic heterocycles. The monoisotopic (exact) mass is 470 g/mol. The number of sulfonamides is 1. The largest absolute Gasteiger partial charge is 0.573 e. The second kappa shape index (κ2) is 8.28. The minimum Gasteiger partial charge on any atom is -0.444 e. The van der Waals surface area contributed by atoms with Crippen LogP contribution in [-0.2, 0) is 21.4 Å². The van der Waals surface area contributed by atoms with Gasteiger partial charge in [-0.05, 0) is 50.1 Å². The SMILES string of the molecule is Cc1ccc2c(c1)COC(=O)N2C1CCN(S(=O)(=O)c2ccc(OC(F)(F)F)cc2)CC1. The summed E-state index contributed by atoms with van der Waals surface area (Å²) in [7, 11) is -3.89. The molecule has 4 rings (SSSR count). The van der Waals surface area contributed by atoms with Gasteiger partial charge in [0.15, 0.2) is 0 Å². The Labute approximate surface area is 183 Å². The molecule has 2 aliphatic rings. The van der Waals surface area contributed by atoms with Gasteiger partial charge in [0.1, 0.15) is 12.4 Å². The van der Waals surface area contributed by atoms with Crippen LogP contribution in [0.5, 0.6) is 5.75 Å². The summed E-state index contributed by atoms with van der Waals surface area (Å²) in [6.45, 7) is 2.48. The average Bonchev–Trinajstić information content (AvgIpc) is 2.73. The molecule has 2 aliphatic heterocycles. The number of aryl methyl sites for hydroxylation is 1. The maximum absolute atomic E-state index is 12.9. The topological polar surface area (TPSA) is 76.2 Å². The van der Waals surface area contributed by atoms with Crippen molar-refractivity contribution in [2.45, 2.75) is 43.7 Å². The number of benzene rings is 2. The molecule has 0 spiro atoms. The van der Waals surface area contributed by atoms with Crippen molar-refractivity contribution in [3.63, 3.8) is 0 Å². The molecule has 0 radical (unpaired) electrons. The molecule has 11 heteroatoms. The van der Waals surface area contributed by atoms with Crippen molar-refractivity contribution < 1.29 is 35.9 Å². The first-order chi connectivity index (χ1) is 15.0. The van der Waals surface area contributed by atoms with Crippen LogP contribution in [0.25, 0.3) is 0 Å². The van der Waals surface area contributed by atoms with Crippen molar-refractivity contribution in [3.8, 4) is 5.75 Å². The molecule has 2 aromatic carbocycles. The summed E-state index contributed by atoms with van der Waals surface area (Å²) < 4.78 is 73.1. The molecule has 1 saturated heterocycles. The van der Waals surface area contributed by atoms with E-state index in [1.165, 1.54) is 4.31 Å². The quantitative estimate of drug-likeness (QED) is 0.670. The van der Waals surface area contributed by atoms with Gasteiger partial charge in [0.05, 0.1) is 10.6 Å². The predicted molar refractivity (Wildman–Crippen MR) is 109 cm³/mol. The van der Waals surface area contributed by atoms with Gasteiger partial charge in [-0.1, -0.05) is 17.7 Å². The molecule has 0 saturated carbocycles. The Bertz CT molecular complexity index is 1110. The molecule has 2 heterocycles. The van der Waals surface area contributed by atoms with Crippen LogP contribution in [0.15, 0.2) is 47.4 Å². The van der Waals surface area contributed by atoms with Gasteiger partial charge < -0.3 is 9.47 Å². The van der Waals surface area contributed by atoms with Gasteiger partial charge in [-0.2, -0.15) is 4.31 Å². The highest BCUT2D eigenvalue weighted by atomic mass is 32.2. The standard InChI is InChI=1S/C21H21F3N2O5S/c1-14-2-7-19-15(12-14)13-30-20(27)26(19)16-8-10-25(11-9-16)32(28,29)18-5-3-17(4-6-18)31-21(22,23)24/h2-7,12,16H,8-11,13H2,1H3. The van der Waals surface area contributed by atoms with Gasteiger partial charge in [0.25, 0.3) is 0 Å². The smallest absolute Gasteiger partial charge is 0.444 e. The van der Waals surface area contributed by atoms with Gasteiger partial charge in [-0.3, -0.25) is 4.90 Å². The highest BCUT2D eigenvalue weighted by Gasteiger charge is 2.37. The lowest BCUT2D eigenvalue weighted by molar-refractivity contribution is -0.274. The molecule has 0 aliphatic carbocycles. The van der Waals surface area contributed by atoms with E-state index in [-0.39, 0.29) is 30.6 Å². The maximum Gasteiger partial charge on any atom is 0.573 e. The Morgan fingerprint density at radius 3 is 2.34 bits per heavy atom. The van der Waals surface area contributed by atoms with Crippen LogP contribution in [0.1, 0.15) is 24.0 Å². The van der Waals surface area contributed by atoms with Gasteiger partial charge in [0.2, 0.25) is 10.0 Å². The second-order valence-corrected chi connectivity index (χ2v) is 9.65. The number of halogens is 3. The summed E-state index contributed by atoms with van der Waals surface area (Å²) in [5.41, 5.74) is 2.73. The number of fused-ring (bicyclic) bond motifs is 1. The van der Waals surface area contributed by atoms with Crippen molar-refractivity contribution in [2.24, 2.45) is 0 Å². The first-order valence-corrected chi connectivity index (χ1v) is 11.4. The molecular weight excluding hydrogens is 449 g/mol. The number of hydrogen-bond acceptors (Lipinski definition) is 5. The summed E-state index contributed by atoms with van der Waals surface area (Å²) >= 11 is 0. The van der Waals surface area contributed by atoms with E-state index in [1.807, 2.05) is 25.1 Å². The lowest BCUT2D eigenvalue weighted by atomic mass is 10.0. The zero-order valence-corrected chi connectivity index (χ0v) is 17.9. The van der Waals surface area contributed by atoms with Crippen molar-refractivity contribution >= 4 is 21.8 Å². The molecule has 1 amide bonds. The van der Waals surface area contributed by atoms with Crippen LogP contribution < -0.4 is 9.64 Å². The molecule has 32 heavy (non-hydrogen) atoms. The minimum atomic E-state index is -4.85. The van der Waals surface area contributed by atoms with Crippen molar-refractivity contribution in [2.75, 3.05) is 18.0 Å². The Morgan fingerprint density at radius 2 is 1.72 bits per heavy atom. The fourth-order valence-corrected chi connectivity index (χ4v) is 5.49. The molecule has 0 unspecified atom stereocenters. The Hall–Kier alpha value is -2.79. The molecule has 0 N–H and O–H groups in total. The van der Waals surface area contributed by atoms with Crippen LogP contribution in [0.2, 0.25) is 0 Å². The number of alkyl halides is 3. The first-order valence-electron chi connectivity index (χ1n) is 9.96. The lowest BCUT2D eigenvalue weighted by Gasteiger charge is -2.39. The zero-order chi connectivity index (χ0) is 23.1. The van der Waals surface area contributed by atoms with Crippen LogP contribution in [0, 0.1) is 6.92 Å². The summed E-state index contributed by atoms with van der Waals surface area (Å²) in [5, 5.41) is 0. The lowest BCUT2D eigenvalue weighted by Crippen LogP contribution is -2.50. The van der Waals surface area contributed by atoms with Crippen molar-refractivity contribution in [3.05, 3.63) is 53.6 Å². The number of cyclic esters (lactones) is 1. The Balaban J connectivity index is 1.46. The van der Waals surface area contributed by atoms with Gasteiger partial charge in [-0.25, -0.2) is 13.2 Å². The number of nitrogens with zero attached hydrogens (tertiary/aromatic N) is 2. The third-order valence-corrected chi connectivity index (χ3v) is 7.44. The van der Waals surface area contributed by atoms with E-state index >= 15 is 0 Å². The third kappa shape index (κ3) is 4.53. The van der Waals surface area contributed by atoms with E-state index in [1.54, 1.807) is 4.90 Å². The normalized spacial score (nSPS) is 18.2. The van der Waals surface area contributed by atoms with Crippen LogP contribution >= 0.6 is 0 Å². The molecule has 1 fully saturated rings. The number of carbonyl (C=O) groups excluding carboxylic acids is 1. The van der Waals surface area contributed by atoms with Crippen molar-refractivity contribution in [1.82, 2.24) is 4.31 Å². The maximum atomic E-state index is 12.9. The Morgan fingerprint density at radius 1 is 1.06 bits per heavy atom. The molecule has 2 aromatic rings. The number of amides is 1. The fraction of sp³-hybridized carbons (Fsp3) is 0.381. The van der Waals surface area contributed by atoms with Gasteiger partial charge in [0, 0.05) is 24.7 Å². The third-order valence-electron chi connectivity index (χ3n) is 5.53. The first kappa shape index (κ1) is 22.4. The fourth-order valence-electron chi connectivity index (χ4n) is 4.02. The van der Waals surface area contributed by atoms with Gasteiger partial charge >= 0.3 is 12.5 Å². The second-order valence-electron chi connectivity index (χ2n) is 7.71. The number of piperidine rings is 1. The molecule has 0 atom stereocenters. The van der Waals surface area contributed by atoms with E-state index in [0.29, 0.717) is 12.8 Å². The van der Waals surface area contributed by atoms with Gasteiger partial charge in [-0.15, -0.1) is 13.2 Å². The number of ether oxygens (including phenoxy) is 2. The molecular formula is C21H21F3N2O5S. The highest BCUT2D eigenvalue weighted by Crippen LogP contribution is 2.34. The van der Waals surface area contributed by atoms with E-state index in [4.69, 9.17) is 4.74 Å². The molecule has 7 nitrogen and oxygen atoms in total. The highest BCUT2D eigenvalue weighted by molar-refractivity contribution is 7.89. The van der Waals surface area contributed by atoms with E-state index in [2.05, 4.69) is 4.74 Å². The van der Waals surface area contributed by atoms with Crippen LogP contribution in [0.3, 0.4) is 0 Å².